The minimum atomic E-state index is -3.86. The van der Waals surface area contributed by atoms with Gasteiger partial charge in [-0.25, -0.2) is 13.4 Å². The fourth-order valence-corrected chi connectivity index (χ4v) is 5.20. The zero-order valence-corrected chi connectivity index (χ0v) is 18.8. The Kier molecular flexibility index (Phi) is 6.86. The summed E-state index contributed by atoms with van der Waals surface area (Å²) in [4.78, 5) is 17.1. The summed E-state index contributed by atoms with van der Waals surface area (Å²) in [7, 11) is -3.86. The van der Waals surface area contributed by atoms with Crippen molar-refractivity contribution in [3.05, 3.63) is 78.5 Å². The highest BCUT2D eigenvalue weighted by molar-refractivity contribution is 7.89. The standard InChI is InChI=1S/C25H25N3O3S.CH4/c1-25(2,28-32(30,31)21-10-9-18-5-3-4-6-19(18)16-21)23(29)12-8-17-7-11-22-20(15-17)13-14-27-24(22)26;/h3-7,9-11,13-16,28H,8,12H2,1-2H3,(H2,26,27);1H4. The van der Waals surface area contributed by atoms with Gasteiger partial charge in [-0.3, -0.25) is 4.79 Å². The topological polar surface area (TPSA) is 102 Å². The van der Waals surface area contributed by atoms with Crippen molar-refractivity contribution in [3.63, 3.8) is 0 Å². The van der Waals surface area contributed by atoms with Crippen LogP contribution in [0.15, 0.2) is 77.8 Å². The van der Waals surface area contributed by atoms with E-state index in [0.717, 1.165) is 27.1 Å². The van der Waals surface area contributed by atoms with E-state index in [4.69, 9.17) is 5.73 Å². The molecule has 0 radical (unpaired) electrons. The lowest BCUT2D eigenvalue weighted by molar-refractivity contribution is -0.123. The number of hydrogen-bond donors (Lipinski definition) is 2. The van der Waals surface area contributed by atoms with Crippen LogP contribution in [0.25, 0.3) is 21.5 Å². The van der Waals surface area contributed by atoms with Crippen LogP contribution < -0.4 is 10.5 Å². The summed E-state index contributed by atoms with van der Waals surface area (Å²) in [6.07, 6.45) is 2.36. The molecule has 1 heterocycles. The van der Waals surface area contributed by atoms with Crippen molar-refractivity contribution in [2.45, 2.75) is 44.6 Å². The maximum Gasteiger partial charge on any atom is 0.241 e. The lowest BCUT2D eigenvalue weighted by atomic mass is 9.94. The first-order chi connectivity index (χ1) is 15.2. The summed E-state index contributed by atoms with van der Waals surface area (Å²) in [5.41, 5.74) is 5.63. The average Bonchev–Trinajstić information content (AvgIpc) is 2.76. The van der Waals surface area contributed by atoms with Crippen molar-refractivity contribution in [2.24, 2.45) is 0 Å². The van der Waals surface area contributed by atoms with Gasteiger partial charge in [0.2, 0.25) is 10.0 Å². The Morgan fingerprint density at radius 1 is 0.970 bits per heavy atom. The molecule has 6 nitrogen and oxygen atoms in total. The predicted octanol–water partition coefficient (Wildman–Crippen LogP) is 4.87. The second-order valence-corrected chi connectivity index (χ2v) is 10.1. The van der Waals surface area contributed by atoms with E-state index < -0.39 is 15.6 Å². The SMILES string of the molecule is C.CC(C)(NS(=O)(=O)c1ccc2ccccc2c1)C(=O)CCc1ccc2c(N)nccc2c1. The third-order valence-electron chi connectivity index (χ3n) is 5.62. The molecule has 3 N–H and O–H groups in total. The number of sulfonamides is 1. The number of nitrogens with one attached hydrogen (secondary N) is 1. The molecule has 0 bridgehead atoms. The van der Waals surface area contributed by atoms with Gasteiger partial charge in [-0.15, -0.1) is 0 Å². The lowest BCUT2D eigenvalue weighted by Crippen LogP contribution is -2.49. The number of Topliss-reactive ketones (excluding diaryl/α,β-unsaturated/α-hetero) is 1. The number of fused-ring (bicyclic) bond motifs is 2. The number of aryl methyl sites for hydroxylation is 1. The molecule has 4 aromatic rings. The Hall–Kier alpha value is -3.29. The van der Waals surface area contributed by atoms with Crippen LogP contribution in [0.5, 0.6) is 0 Å². The highest BCUT2D eigenvalue weighted by Crippen LogP contribution is 2.23. The summed E-state index contributed by atoms with van der Waals surface area (Å²) < 4.78 is 28.5. The Morgan fingerprint density at radius 3 is 2.45 bits per heavy atom. The highest BCUT2D eigenvalue weighted by atomic mass is 32.2. The van der Waals surface area contributed by atoms with Crippen LogP contribution in [0.4, 0.5) is 5.82 Å². The number of carbonyl (C=O) groups is 1. The molecule has 1 aromatic heterocycles. The van der Waals surface area contributed by atoms with Crippen molar-refractivity contribution < 1.29 is 13.2 Å². The molecule has 172 valence electrons. The highest BCUT2D eigenvalue weighted by Gasteiger charge is 2.32. The number of hydrogen-bond acceptors (Lipinski definition) is 5. The van der Waals surface area contributed by atoms with E-state index in [9.17, 15) is 13.2 Å². The monoisotopic (exact) mass is 463 g/mol. The van der Waals surface area contributed by atoms with Crippen LogP contribution in [0, 0.1) is 0 Å². The van der Waals surface area contributed by atoms with E-state index in [1.165, 1.54) is 0 Å². The van der Waals surface area contributed by atoms with Gasteiger partial charge in [0, 0.05) is 18.0 Å². The number of carbonyl (C=O) groups excluding carboxylic acids is 1. The van der Waals surface area contributed by atoms with Gasteiger partial charge in [-0.2, -0.15) is 4.72 Å². The zero-order chi connectivity index (χ0) is 22.9. The molecule has 0 aliphatic rings. The van der Waals surface area contributed by atoms with Gasteiger partial charge in [0.25, 0.3) is 0 Å². The molecule has 0 aliphatic heterocycles. The average molecular weight is 464 g/mol. The first-order valence-electron chi connectivity index (χ1n) is 10.3. The second kappa shape index (κ2) is 9.29. The Bertz CT molecular complexity index is 1430. The molecule has 0 saturated heterocycles. The molecular formula is C26H29N3O3S. The molecule has 0 unspecified atom stereocenters. The third kappa shape index (κ3) is 5.21. The summed E-state index contributed by atoms with van der Waals surface area (Å²) in [5.74, 6) is 0.283. The van der Waals surface area contributed by atoms with E-state index in [2.05, 4.69) is 9.71 Å². The molecule has 4 rings (SSSR count). The van der Waals surface area contributed by atoms with Gasteiger partial charge >= 0.3 is 0 Å². The Balaban J connectivity index is 0.00000306. The van der Waals surface area contributed by atoms with Crippen molar-refractivity contribution in [2.75, 3.05) is 5.73 Å². The molecule has 3 aromatic carbocycles. The Labute approximate surface area is 194 Å². The molecule has 0 fully saturated rings. The molecule has 0 saturated carbocycles. The summed E-state index contributed by atoms with van der Waals surface area (Å²) in [6.45, 7) is 3.20. The van der Waals surface area contributed by atoms with Gasteiger partial charge < -0.3 is 5.73 Å². The largest absolute Gasteiger partial charge is 0.383 e. The second-order valence-electron chi connectivity index (χ2n) is 8.41. The number of rotatable bonds is 7. The smallest absolute Gasteiger partial charge is 0.241 e. The predicted molar refractivity (Wildman–Crippen MR) is 135 cm³/mol. The molecular weight excluding hydrogens is 434 g/mol. The number of anilines is 1. The Morgan fingerprint density at radius 2 is 1.70 bits per heavy atom. The van der Waals surface area contributed by atoms with Crippen molar-refractivity contribution in [1.29, 1.82) is 0 Å². The van der Waals surface area contributed by atoms with E-state index in [0.29, 0.717) is 12.2 Å². The molecule has 0 spiro atoms. The maximum absolute atomic E-state index is 13.0. The normalized spacial score (nSPS) is 11.9. The van der Waals surface area contributed by atoms with E-state index in [-0.39, 0.29) is 24.5 Å². The van der Waals surface area contributed by atoms with Crippen LogP contribution in [-0.2, 0) is 21.2 Å². The van der Waals surface area contributed by atoms with Gasteiger partial charge in [0.05, 0.1) is 10.4 Å². The fraction of sp³-hybridized carbons (Fsp3) is 0.231. The van der Waals surface area contributed by atoms with Crippen LogP contribution in [0.3, 0.4) is 0 Å². The minimum Gasteiger partial charge on any atom is -0.383 e. The fourth-order valence-electron chi connectivity index (χ4n) is 3.76. The summed E-state index contributed by atoms with van der Waals surface area (Å²) in [6, 6.07) is 20.1. The lowest BCUT2D eigenvalue weighted by Gasteiger charge is -2.24. The van der Waals surface area contributed by atoms with E-state index >= 15 is 0 Å². The zero-order valence-electron chi connectivity index (χ0n) is 18.0. The molecule has 7 heteroatoms. The van der Waals surface area contributed by atoms with Crippen molar-refractivity contribution in [1.82, 2.24) is 9.71 Å². The van der Waals surface area contributed by atoms with E-state index in [1.807, 2.05) is 48.5 Å². The first kappa shape index (κ1) is 24.4. The molecule has 0 atom stereocenters. The van der Waals surface area contributed by atoms with Gasteiger partial charge in [0.1, 0.15) is 5.82 Å². The first-order valence-corrected chi connectivity index (χ1v) is 11.8. The van der Waals surface area contributed by atoms with E-state index in [1.54, 1.807) is 38.2 Å². The maximum atomic E-state index is 13.0. The van der Waals surface area contributed by atoms with Gasteiger partial charge in [0.15, 0.2) is 5.78 Å². The minimum absolute atomic E-state index is 0. The van der Waals surface area contributed by atoms with Crippen LogP contribution in [0.1, 0.15) is 33.3 Å². The van der Waals surface area contributed by atoms with Crippen LogP contribution in [0.2, 0.25) is 0 Å². The van der Waals surface area contributed by atoms with Crippen LogP contribution in [-0.4, -0.2) is 24.7 Å². The van der Waals surface area contributed by atoms with Gasteiger partial charge in [-0.05, 0) is 60.2 Å². The summed E-state index contributed by atoms with van der Waals surface area (Å²) >= 11 is 0. The number of pyridine rings is 1. The summed E-state index contributed by atoms with van der Waals surface area (Å²) in [5, 5.41) is 3.60. The van der Waals surface area contributed by atoms with Gasteiger partial charge in [-0.1, -0.05) is 56.0 Å². The number of nitrogens with zero attached hydrogens (tertiary/aromatic N) is 1. The number of nitrogens with two attached hydrogens (primary N) is 1. The third-order valence-corrected chi connectivity index (χ3v) is 7.27. The number of benzene rings is 3. The van der Waals surface area contributed by atoms with Crippen molar-refractivity contribution >= 4 is 43.2 Å². The molecule has 0 amide bonds. The van der Waals surface area contributed by atoms with Crippen LogP contribution >= 0.6 is 0 Å². The number of nitrogen functional groups attached to an aromatic ring is 1. The number of ketones is 1. The molecule has 0 aliphatic carbocycles. The van der Waals surface area contributed by atoms with Crippen molar-refractivity contribution in [3.8, 4) is 0 Å². The quantitative estimate of drug-likeness (QED) is 0.407. The number of aromatic nitrogens is 1. The molecule has 33 heavy (non-hydrogen) atoms.